The number of hydrogen-bond acceptors (Lipinski definition) is 7. The summed E-state index contributed by atoms with van der Waals surface area (Å²) in [5, 5.41) is 1.27. The lowest BCUT2D eigenvalue weighted by molar-refractivity contribution is 0.484. The molecule has 0 heterocycles. The van der Waals surface area contributed by atoms with Crippen LogP contribution in [0.5, 0.6) is 11.5 Å². The standard InChI is InChI=1S/C26H20Br2O6S3/c27-17-19-1-13-25(14-2-19)36(29,30)33-21-5-9-23(10-6-21)35-24-11-7-22(8-12-24)34-37(31,32)26-15-3-20(18-28)4-16-26/h1-16H,17-18H2. The summed E-state index contributed by atoms with van der Waals surface area (Å²) in [5.74, 6) is 0.402. The van der Waals surface area contributed by atoms with E-state index in [0.717, 1.165) is 20.9 Å². The highest BCUT2D eigenvalue weighted by Crippen LogP contribution is 2.31. The zero-order chi connectivity index (χ0) is 26.5. The van der Waals surface area contributed by atoms with Gasteiger partial charge in [-0.05, 0) is 83.9 Å². The van der Waals surface area contributed by atoms with Crippen molar-refractivity contribution in [1.29, 1.82) is 0 Å². The molecule has 4 aromatic rings. The van der Waals surface area contributed by atoms with Crippen LogP contribution < -0.4 is 8.37 Å². The van der Waals surface area contributed by atoms with E-state index in [9.17, 15) is 16.8 Å². The predicted octanol–water partition coefficient (Wildman–Crippen LogP) is 7.16. The molecule has 4 aromatic carbocycles. The Morgan fingerprint density at radius 2 is 0.838 bits per heavy atom. The molecule has 11 heteroatoms. The molecule has 0 spiro atoms. The van der Waals surface area contributed by atoms with E-state index in [2.05, 4.69) is 31.9 Å². The fraction of sp³-hybridized carbons (Fsp3) is 0.0769. The van der Waals surface area contributed by atoms with Crippen molar-refractivity contribution in [2.24, 2.45) is 0 Å². The molecule has 0 saturated carbocycles. The summed E-state index contributed by atoms with van der Waals surface area (Å²) < 4.78 is 60.6. The van der Waals surface area contributed by atoms with Gasteiger partial charge >= 0.3 is 20.2 Å². The van der Waals surface area contributed by atoms with Gasteiger partial charge in [-0.2, -0.15) is 16.8 Å². The van der Waals surface area contributed by atoms with E-state index in [1.165, 1.54) is 36.0 Å². The lowest BCUT2D eigenvalue weighted by Gasteiger charge is -2.09. The largest absolute Gasteiger partial charge is 0.379 e. The summed E-state index contributed by atoms with van der Waals surface area (Å²) in [6.07, 6.45) is 0. The van der Waals surface area contributed by atoms with Gasteiger partial charge in [-0.1, -0.05) is 67.9 Å². The SMILES string of the molecule is O=S(=O)(Oc1ccc(Sc2ccc(OS(=O)(=O)c3ccc(CBr)cc3)cc2)cc1)c1ccc(CBr)cc1. The highest BCUT2D eigenvalue weighted by Gasteiger charge is 2.18. The van der Waals surface area contributed by atoms with E-state index >= 15 is 0 Å². The summed E-state index contributed by atoms with van der Waals surface area (Å²) in [7, 11) is -7.88. The third-order valence-electron chi connectivity index (χ3n) is 5.03. The van der Waals surface area contributed by atoms with Gasteiger partial charge in [0.15, 0.2) is 0 Å². The van der Waals surface area contributed by atoms with E-state index in [-0.39, 0.29) is 21.3 Å². The molecular weight excluding hydrogens is 664 g/mol. The van der Waals surface area contributed by atoms with Crippen LogP contribution in [-0.2, 0) is 30.9 Å². The van der Waals surface area contributed by atoms with Crippen molar-refractivity contribution in [2.45, 2.75) is 30.2 Å². The summed E-state index contributed by atoms with van der Waals surface area (Å²) in [6.45, 7) is 0. The Labute approximate surface area is 237 Å². The van der Waals surface area contributed by atoms with Gasteiger partial charge in [0.2, 0.25) is 0 Å². The van der Waals surface area contributed by atoms with Crippen LogP contribution >= 0.6 is 43.6 Å². The van der Waals surface area contributed by atoms with Crippen molar-refractivity contribution in [3.05, 3.63) is 108 Å². The minimum absolute atomic E-state index is 0.0796. The van der Waals surface area contributed by atoms with E-state index in [1.807, 2.05) is 0 Å². The van der Waals surface area contributed by atoms with Crippen LogP contribution in [0.4, 0.5) is 0 Å². The Morgan fingerprint density at radius 3 is 1.14 bits per heavy atom. The monoisotopic (exact) mass is 682 g/mol. The fourth-order valence-electron chi connectivity index (χ4n) is 3.10. The van der Waals surface area contributed by atoms with Crippen molar-refractivity contribution in [2.75, 3.05) is 0 Å². The maximum atomic E-state index is 12.5. The Balaban J connectivity index is 1.37. The maximum absolute atomic E-state index is 12.5. The van der Waals surface area contributed by atoms with Gasteiger partial charge in [0.25, 0.3) is 0 Å². The molecule has 0 atom stereocenters. The molecule has 0 amide bonds. The number of hydrogen-bond donors (Lipinski definition) is 0. The van der Waals surface area contributed by atoms with Crippen molar-refractivity contribution >= 4 is 63.9 Å². The number of alkyl halides is 2. The molecule has 0 fully saturated rings. The summed E-state index contributed by atoms with van der Waals surface area (Å²) in [6, 6.07) is 26.2. The quantitative estimate of drug-likeness (QED) is 0.129. The van der Waals surface area contributed by atoms with Crippen molar-refractivity contribution < 1.29 is 25.2 Å². The van der Waals surface area contributed by atoms with E-state index < -0.39 is 20.2 Å². The number of benzene rings is 4. The molecule has 0 aromatic heterocycles. The van der Waals surface area contributed by atoms with Gasteiger partial charge in [0.05, 0.1) is 0 Å². The van der Waals surface area contributed by atoms with Crippen LogP contribution in [0, 0.1) is 0 Å². The number of rotatable bonds is 10. The molecule has 0 N–H and O–H groups in total. The van der Waals surface area contributed by atoms with Crippen molar-refractivity contribution in [3.63, 3.8) is 0 Å². The zero-order valence-corrected chi connectivity index (χ0v) is 24.7. The molecule has 0 unspecified atom stereocenters. The molecule has 6 nitrogen and oxygen atoms in total. The second-order valence-corrected chi connectivity index (χ2v) is 13.0. The average Bonchev–Trinajstić information content (AvgIpc) is 2.90. The van der Waals surface area contributed by atoms with E-state index in [0.29, 0.717) is 10.7 Å². The van der Waals surface area contributed by atoms with E-state index in [1.54, 1.807) is 72.8 Å². The lowest BCUT2D eigenvalue weighted by atomic mass is 10.2. The first-order valence-corrected chi connectivity index (χ1v) is 16.6. The normalized spacial score (nSPS) is 11.7. The Kier molecular flexibility index (Phi) is 9.02. The van der Waals surface area contributed by atoms with Crippen molar-refractivity contribution in [3.8, 4) is 11.5 Å². The van der Waals surface area contributed by atoms with Gasteiger partial charge < -0.3 is 8.37 Å². The minimum atomic E-state index is -3.94. The van der Waals surface area contributed by atoms with Gasteiger partial charge in [0, 0.05) is 20.5 Å². The van der Waals surface area contributed by atoms with Gasteiger partial charge in [-0.15, -0.1) is 0 Å². The highest BCUT2D eigenvalue weighted by atomic mass is 79.9. The summed E-state index contributed by atoms with van der Waals surface area (Å²) in [5.41, 5.74) is 1.92. The van der Waals surface area contributed by atoms with E-state index in [4.69, 9.17) is 8.37 Å². The van der Waals surface area contributed by atoms with Gasteiger partial charge in [-0.25, -0.2) is 0 Å². The molecule has 0 aliphatic carbocycles. The Hall–Kier alpha value is -2.31. The third kappa shape index (κ3) is 7.38. The third-order valence-corrected chi connectivity index (χ3v) is 9.86. The van der Waals surface area contributed by atoms with Crippen LogP contribution in [-0.4, -0.2) is 16.8 Å². The maximum Gasteiger partial charge on any atom is 0.339 e. The molecule has 4 rings (SSSR count). The summed E-state index contributed by atoms with van der Waals surface area (Å²) in [4.78, 5) is 1.85. The first kappa shape index (κ1) is 27.7. The van der Waals surface area contributed by atoms with Crippen LogP contribution in [0.15, 0.2) is 117 Å². The molecule has 0 radical (unpaired) electrons. The van der Waals surface area contributed by atoms with Crippen LogP contribution in [0.25, 0.3) is 0 Å². The fourth-order valence-corrected chi connectivity index (χ4v) is 6.53. The van der Waals surface area contributed by atoms with Crippen molar-refractivity contribution in [1.82, 2.24) is 0 Å². The zero-order valence-electron chi connectivity index (χ0n) is 19.1. The second kappa shape index (κ2) is 12.0. The molecule has 0 bridgehead atoms. The van der Waals surface area contributed by atoms with Gasteiger partial charge in [0.1, 0.15) is 21.3 Å². The average molecular weight is 684 g/mol. The topological polar surface area (TPSA) is 86.7 Å². The highest BCUT2D eigenvalue weighted by molar-refractivity contribution is 9.08. The lowest BCUT2D eigenvalue weighted by Crippen LogP contribution is -2.09. The van der Waals surface area contributed by atoms with Crippen LogP contribution in [0.1, 0.15) is 11.1 Å². The Morgan fingerprint density at radius 1 is 0.514 bits per heavy atom. The predicted molar refractivity (Wildman–Crippen MR) is 151 cm³/mol. The first-order valence-electron chi connectivity index (χ1n) is 10.8. The minimum Gasteiger partial charge on any atom is -0.379 e. The molecule has 37 heavy (non-hydrogen) atoms. The summed E-state index contributed by atoms with van der Waals surface area (Å²) >= 11 is 8.08. The molecule has 0 aliphatic rings. The van der Waals surface area contributed by atoms with Crippen LogP contribution in [0.3, 0.4) is 0 Å². The smallest absolute Gasteiger partial charge is 0.339 e. The molecule has 192 valence electrons. The second-order valence-electron chi connectivity index (χ2n) is 7.67. The number of halogens is 2. The Bertz CT molecular complexity index is 1430. The van der Waals surface area contributed by atoms with Crippen LogP contribution in [0.2, 0.25) is 0 Å². The molecule has 0 saturated heterocycles. The van der Waals surface area contributed by atoms with Gasteiger partial charge in [-0.3, -0.25) is 0 Å². The first-order chi connectivity index (χ1) is 17.7. The molecule has 0 aliphatic heterocycles. The molecular formula is C26H20Br2O6S3.